The molecule has 144 valence electrons. The highest BCUT2D eigenvalue weighted by atomic mass is 32.1. The molecule has 2 aromatic heterocycles. The van der Waals surface area contributed by atoms with Crippen LogP contribution in [0.5, 0.6) is 5.75 Å². The van der Waals surface area contributed by atoms with Gasteiger partial charge in [-0.05, 0) is 44.2 Å². The highest BCUT2D eigenvalue weighted by molar-refractivity contribution is 7.13. The zero-order valence-electron chi connectivity index (χ0n) is 15.8. The number of amides is 1. The number of rotatable bonds is 5. The number of benzene rings is 1. The van der Waals surface area contributed by atoms with E-state index in [0.29, 0.717) is 24.6 Å². The average Bonchev–Trinajstić information content (AvgIpc) is 3.18. The van der Waals surface area contributed by atoms with Crippen molar-refractivity contribution in [1.29, 1.82) is 0 Å². The lowest BCUT2D eigenvalue weighted by molar-refractivity contribution is 0.102. The number of nitrogens with one attached hydrogen (secondary N) is 1. The van der Waals surface area contributed by atoms with Gasteiger partial charge < -0.3 is 14.8 Å². The van der Waals surface area contributed by atoms with Gasteiger partial charge in [-0.3, -0.25) is 9.78 Å². The SMILES string of the molecule is CC(C)Oc1ccc(-c2nc(C(=O)Nc3cnc4c(c3)COCC4)cs2)cc1. The highest BCUT2D eigenvalue weighted by Gasteiger charge is 2.15. The van der Waals surface area contributed by atoms with Crippen molar-refractivity contribution >= 4 is 22.9 Å². The van der Waals surface area contributed by atoms with Crippen LogP contribution < -0.4 is 10.1 Å². The van der Waals surface area contributed by atoms with Gasteiger partial charge in [-0.2, -0.15) is 0 Å². The second kappa shape index (κ2) is 8.08. The summed E-state index contributed by atoms with van der Waals surface area (Å²) in [5.74, 6) is 0.568. The zero-order chi connectivity index (χ0) is 19.5. The van der Waals surface area contributed by atoms with Crippen molar-refractivity contribution in [2.24, 2.45) is 0 Å². The van der Waals surface area contributed by atoms with Crippen LogP contribution in [0.1, 0.15) is 35.6 Å². The van der Waals surface area contributed by atoms with Crippen LogP contribution in [0.2, 0.25) is 0 Å². The van der Waals surface area contributed by atoms with E-state index in [2.05, 4.69) is 15.3 Å². The summed E-state index contributed by atoms with van der Waals surface area (Å²) in [6.45, 7) is 5.21. The molecule has 0 fully saturated rings. The Bertz CT molecular complexity index is 983. The van der Waals surface area contributed by atoms with Crippen molar-refractivity contribution in [3.05, 3.63) is 58.9 Å². The van der Waals surface area contributed by atoms with Gasteiger partial charge in [0, 0.05) is 28.6 Å². The molecule has 1 amide bonds. The van der Waals surface area contributed by atoms with E-state index in [9.17, 15) is 4.79 Å². The molecule has 1 aliphatic rings. The lowest BCUT2D eigenvalue weighted by Crippen LogP contribution is -2.15. The third kappa shape index (κ3) is 4.21. The van der Waals surface area contributed by atoms with Crippen LogP contribution >= 0.6 is 11.3 Å². The van der Waals surface area contributed by atoms with E-state index in [-0.39, 0.29) is 12.0 Å². The second-order valence-corrected chi connectivity index (χ2v) is 7.67. The Morgan fingerprint density at radius 2 is 2.11 bits per heavy atom. The largest absolute Gasteiger partial charge is 0.491 e. The van der Waals surface area contributed by atoms with Gasteiger partial charge in [0.05, 0.1) is 31.2 Å². The van der Waals surface area contributed by atoms with Crippen LogP contribution in [0.15, 0.2) is 41.9 Å². The zero-order valence-corrected chi connectivity index (χ0v) is 16.6. The fraction of sp³-hybridized carbons (Fsp3) is 0.286. The van der Waals surface area contributed by atoms with E-state index in [1.807, 2.05) is 44.2 Å². The molecule has 0 bridgehead atoms. The number of carbonyl (C=O) groups excluding carboxylic acids is 1. The van der Waals surface area contributed by atoms with Crippen LogP contribution in [0.3, 0.4) is 0 Å². The molecule has 28 heavy (non-hydrogen) atoms. The van der Waals surface area contributed by atoms with Gasteiger partial charge in [0.15, 0.2) is 0 Å². The molecule has 0 spiro atoms. The molecule has 6 nitrogen and oxygen atoms in total. The molecular formula is C21H21N3O3S. The minimum absolute atomic E-state index is 0.130. The maximum absolute atomic E-state index is 12.6. The summed E-state index contributed by atoms with van der Waals surface area (Å²) in [5, 5.41) is 5.42. The Labute approximate surface area is 167 Å². The van der Waals surface area contributed by atoms with Crippen LogP contribution in [0.4, 0.5) is 5.69 Å². The summed E-state index contributed by atoms with van der Waals surface area (Å²) in [4.78, 5) is 21.5. The van der Waals surface area contributed by atoms with Crippen LogP contribution in [0.25, 0.3) is 10.6 Å². The van der Waals surface area contributed by atoms with Gasteiger partial charge in [0.1, 0.15) is 16.5 Å². The minimum Gasteiger partial charge on any atom is -0.491 e. The van der Waals surface area contributed by atoms with E-state index >= 15 is 0 Å². The second-order valence-electron chi connectivity index (χ2n) is 6.82. The summed E-state index contributed by atoms with van der Waals surface area (Å²) in [5.41, 5.74) is 4.04. The van der Waals surface area contributed by atoms with E-state index in [1.54, 1.807) is 11.6 Å². The normalized spacial score (nSPS) is 13.2. The summed E-state index contributed by atoms with van der Waals surface area (Å²) >= 11 is 1.44. The molecule has 0 saturated heterocycles. The monoisotopic (exact) mass is 395 g/mol. The molecule has 3 aromatic rings. The van der Waals surface area contributed by atoms with Crippen molar-refractivity contribution in [2.45, 2.75) is 33.0 Å². The number of ether oxygens (including phenoxy) is 2. The first kappa shape index (κ1) is 18.6. The molecule has 3 heterocycles. The van der Waals surface area contributed by atoms with Crippen molar-refractivity contribution in [3.8, 4) is 16.3 Å². The number of carbonyl (C=O) groups is 1. The first-order valence-electron chi connectivity index (χ1n) is 9.18. The number of anilines is 1. The molecule has 1 aromatic carbocycles. The van der Waals surface area contributed by atoms with Gasteiger partial charge in [-0.15, -0.1) is 11.3 Å². The fourth-order valence-corrected chi connectivity index (χ4v) is 3.77. The Morgan fingerprint density at radius 3 is 2.89 bits per heavy atom. The maximum Gasteiger partial charge on any atom is 0.275 e. The molecule has 0 saturated carbocycles. The van der Waals surface area contributed by atoms with Gasteiger partial charge >= 0.3 is 0 Å². The van der Waals surface area contributed by atoms with Gasteiger partial charge in [0.2, 0.25) is 0 Å². The first-order chi connectivity index (χ1) is 13.6. The molecule has 0 unspecified atom stereocenters. The number of hydrogen-bond acceptors (Lipinski definition) is 6. The quantitative estimate of drug-likeness (QED) is 0.697. The predicted octanol–water partition coefficient (Wildman–Crippen LogP) is 4.32. The van der Waals surface area contributed by atoms with Crippen molar-refractivity contribution < 1.29 is 14.3 Å². The Hall–Kier alpha value is -2.77. The summed E-state index contributed by atoms with van der Waals surface area (Å²) in [6, 6.07) is 9.64. The molecule has 0 aliphatic carbocycles. The molecule has 0 radical (unpaired) electrons. The van der Waals surface area contributed by atoms with Crippen molar-refractivity contribution in [1.82, 2.24) is 9.97 Å². The smallest absolute Gasteiger partial charge is 0.275 e. The molecular weight excluding hydrogens is 374 g/mol. The lowest BCUT2D eigenvalue weighted by atomic mass is 10.1. The van der Waals surface area contributed by atoms with Gasteiger partial charge in [-0.1, -0.05) is 0 Å². The number of pyridine rings is 1. The number of thiazole rings is 1. The minimum atomic E-state index is -0.249. The van der Waals surface area contributed by atoms with Gasteiger partial charge in [-0.25, -0.2) is 4.98 Å². The van der Waals surface area contributed by atoms with Gasteiger partial charge in [0.25, 0.3) is 5.91 Å². The summed E-state index contributed by atoms with van der Waals surface area (Å²) in [6.07, 6.45) is 2.62. The first-order valence-corrected chi connectivity index (χ1v) is 10.1. The van der Waals surface area contributed by atoms with Crippen LogP contribution in [-0.2, 0) is 17.8 Å². The van der Waals surface area contributed by atoms with Crippen molar-refractivity contribution in [3.63, 3.8) is 0 Å². The third-order valence-electron chi connectivity index (χ3n) is 4.27. The van der Waals surface area contributed by atoms with Crippen LogP contribution in [0, 0.1) is 0 Å². The van der Waals surface area contributed by atoms with E-state index < -0.39 is 0 Å². The summed E-state index contributed by atoms with van der Waals surface area (Å²) < 4.78 is 11.1. The third-order valence-corrected chi connectivity index (χ3v) is 5.16. The molecule has 7 heteroatoms. The average molecular weight is 395 g/mol. The van der Waals surface area contributed by atoms with E-state index in [0.717, 1.165) is 34.0 Å². The number of hydrogen-bond donors (Lipinski definition) is 1. The highest BCUT2D eigenvalue weighted by Crippen LogP contribution is 2.27. The Balaban J connectivity index is 1.45. The molecule has 1 aliphatic heterocycles. The molecule has 1 N–H and O–H groups in total. The molecule has 0 atom stereocenters. The van der Waals surface area contributed by atoms with E-state index in [1.165, 1.54) is 11.3 Å². The number of fused-ring (bicyclic) bond motifs is 1. The Kier molecular flexibility index (Phi) is 5.36. The topological polar surface area (TPSA) is 73.3 Å². The maximum atomic E-state index is 12.6. The standard InChI is InChI=1S/C21H21N3O3S/c1-13(2)27-17-5-3-14(4-6-17)21-24-19(12-28-21)20(25)23-16-9-15-11-26-8-7-18(15)22-10-16/h3-6,9-10,12-13H,7-8,11H2,1-2H3,(H,23,25). The van der Waals surface area contributed by atoms with E-state index in [4.69, 9.17) is 9.47 Å². The Morgan fingerprint density at radius 1 is 1.29 bits per heavy atom. The lowest BCUT2D eigenvalue weighted by Gasteiger charge is -2.16. The van der Waals surface area contributed by atoms with Crippen molar-refractivity contribution in [2.75, 3.05) is 11.9 Å². The number of nitrogens with zero attached hydrogens (tertiary/aromatic N) is 2. The predicted molar refractivity (Wildman–Crippen MR) is 109 cm³/mol. The number of aromatic nitrogens is 2. The summed E-state index contributed by atoms with van der Waals surface area (Å²) in [7, 11) is 0. The van der Waals surface area contributed by atoms with Crippen LogP contribution in [-0.4, -0.2) is 28.6 Å². The molecule has 4 rings (SSSR count). The fourth-order valence-electron chi connectivity index (χ4n) is 2.96.